The Morgan fingerprint density at radius 1 is 1.58 bits per heavy atom. The molecule has 0 aliphatic carbocycles. The minimum Gasteiger partial charge on any atom is -0.594 e. The van der Waals surface area contributed by atoms with Gasteiger partial charge < -0.3 is 16.3 Å². The van der Waals surface area contributed by atoms with Gasteiger partial charge in [-0.3, -0.25) is 0 Å². The fraction of sp³-hybridized carbons (Fsp3) is 0.500. The van der Waals surface area contributed by atoms with E-state index in [1.165, 1.54) is 0 Å². The van der Waals surface area contributed by atoms with Crippen LogP contribution in [-0.4, -0.2) is 16.6 Å². The van der Waals surface area contributed by atoms with Crippen LogP contribution in [0.4, 0.5) is 11.8 Å². The number of hydrogen-bond donors (Lipinski definition) is 2. The summed E-state index contributed by atoms with van der Waals surface area (Å²) in [5.41, 5.74) is 5.88. The maximum atomic E-state index is 11.1. The molecule has 0 amide bonds. The number of rotatable bonds is 0. The molecule has 0 radical (unpaired) electrons. The Labute approximate surface area is 69.0 Å². The van der Waals surface area contributed by atoms with Crippen molar-refractivity contribution in [3.8, 4) is 0 Å². The molecule has 0 fully saturated rings. The number of nitrogens with zero attached hydrogens (tertiary/aromatic N) is 3. The van der Waals surface area contributed by atoms with E-state index < -0.39 is 0 Å². The van der Waals surface area contributed by atoms with Crippen LogP contribution in [0.2, 0.25) is 0 Å². The first-order chi connectivity index (χ1) is 5.77. The molecule has 1 aromatic rings. The second kappa shape index (κ2) is 2.47. The topological polar surface area (TPSA) is 90.8 Å². The summed E-state index contributed by atoms with van der Waals surface area (Å²) in [6.45, 7) is 0.837. The molecule has 0 saturated heterocycles. The van der Waals surface area contributed by atoms with Crippen molar-refractivity contribution in [2.24, 2.45) is 0 Å². The van der Waals surface area contributed by atoms with E-state index in [0.29, 0.717) is 22.8 Å². The van der Waals surface area contributed by atoms with E-state index in [-0.39, 0.29) is 5.95 Å². The lowest BCUT2D eigenvalue weighted by Crippen LogP contribution is -2.40. The van der Waals surface area contributed by atoms with E-state index in [4.69, 9.17) is 5.73 Å². The Kier molecular flexibility index (Phi) is 1.46. The van der Waals surface area contributed by atoms with Gasteiger partial charge in [-0.15, -0.1) is 0 Å². The third-order valence-corrected chi connectivity index (χ3v) is 1.81. The van der Waals surface area contributed by atoms with Crippen LogP contribution in [0.3, 0.4) is 0 Å². The molecule has 0 unspecified atom stereocenters. The summed E-state index contributed by atoms with van der Waals surface area (Å²) < 4.78 is 0. The van der Waals surface area contributed by atoms with E-state index in [1.807, 2.05) is 0 Å². The first-order valence-electron chi connectivity index (χ1n) is 3.77. The van der Waals surface area contributed by atoms with Crippen molar-refractivity contribution in [2.75, 3.05) is 17.6 Å². The SMILES string of the molecule is Nc1nc2c([n+]([O-])n1)CCCN2. The number of nitrogens with one attached hydrogen (secondary N) is 1. The third-order valence-electron chi connectivity index (χ3n) is 1.81. The predicted octanol–water partition coefficient (Wildman–Crippen LogP) is -0.950. The Morgan fingerprint density at radius 3 is 3.25 bits per heavy atom. The monoisotopic (exact) mass is 167 g/mol. The van der Waals surface area contributed by atoms with Gasteiger partial charge in [0.2, 0.25) is 5.82 Å². The first-order valence-corrected chi connectivity index (χ1v) is 3.77. The number of hydrogen-bond acceptors (Lipinski definition) is 5. The number of anilines is 2. The maximum absolute atomic E-state index is 11.1. The molecular weight excluding hydrogens is 158 g/mol. The second-order valence-electron chi connectivity index (χ2n) is 2.67. The Balaban J connectivity index is 2.53. The van der Waals surface area contributed by atoms with Gasteiger partial charge in [0.25, 0.3) is 11.6 Å². The van der Waals surface area contributed by atoms with Crippen LogP contribution in [0.15, 0.2) is 0 Å². The van der Waals surface area contributed by atoms with Gasteiger partial charge in [-0.05, 0) is 11.3 Å². The van der Waals surface area contributed by atoms with Crippen molar-refractivity contribution in [3.05, 3.63) is 10.9 Å². The highest BCUT2D eigenvalue weighted by Gasteiger charge is 2.20. The van der Waals surface area contributed by atoms with Crippen molar-refractivity contribution in [1.29, 1.82) is 0 Å². The Morgan fingerprint density at radius 2 is 2.42 bits per heavy atom. The quantitative estimate of drug-likeness (QED) is 0.384. The van der Waals surface area contributed by atoms with Crippen LogP contribution in [0.5, 0.6) is 0 Å². The molecule has 0 saturated carbocycles. The standard InChI is InChI=1S/C6H9N5O/c7-6-9-5-4(11(12)10-6)2-1-3-8-5/h1-3H2,(H3,7,8,9,10). The molecule has 2 heterocycles. The highest BCUT2D eigenvalue weighted by Crippen LogP contribution is 2.14. The molecule has 64 valence electrons. The number of fused-ring (bicyclic) bond motifs is 1. The van der Waals surface area contributed by atoms with Gasteiger partial charge in [0.15, 0.2) is 0 Å². The second-order valence-corrected chi connectivity index (χ2v) is 2.67. The minimum atomic E-state index is 0.0122. The van der Waals surface area contributed by atoms with Crippen molar-refractivity contribution in [1.82, 2.24) is 10.1 Å². The van der Waals surface area contributed by atoms with Crippen LogP contribution in [-0.2, 0) is 6.42 Å². The lowest BCUT2D eigenvalue weighted by Gasteiger charge is -2.13. The zero-order valence-corrected chi connectivity index (χ0v) is 6.45. The molecule has 2 rings (SSSR count). The average molecular weight is 167 g/mol. The van der Waals surface area contributed by atoms with E-state index in [1.54, 1.807) is 0 Å². The molecule has 3 N–H and O–H groups in total. The van der Waals surface area contributed by atoms with Gasteiger partial charge in [-0.1, -0.05) is 0 Å². The van der Waals surface area contributed by atoms with Crippen LogP contribution < -0.4 is 15.9 Å². The third kappa shape index (κ3) is 1.01. The molecule has 1 aliphatic rings. The van der Waals surface area contributed by atoms with E-state index in [9.17, 15) is 5.21 Å². The zero-order chi connectivity index (χ0) is 8.55. The van der Waals surface area contributed by atoms with Crippen LogP contribution in [0.1, 0.15) is 12.1 Å². The Bertz CT molecular complexity index is 313. The molecule has 6 nitrogen and oxygen atoms in total. The summed E-state index contributed by atoms with van der Waals surface area (Å²) in [5.74, 6) is 0.585. The fourth-order valence-electron chi connectivity index (χ4n) is 1.26. The van der Waals surface area contributed by atoms with E-state index in [0.717, 1.165) is 13.0 Å². The number of nitrogen functional groups attached to an aromatic ring is 1. The summed E-state index contributed by atoms with van der Waals surface area (Å²) >= 11 is 0. The van der Waals surface area contributed by atoms with Crippen LogP contribution >= 0.6 is 0 Å². The molecule has 1 aromatic heterocycles. The van der Waals surface area contributed by atoms with Crippen LogP contribution in [0, 0.1) is 5.21 Å². The molecule has 0 atom stereocenters. The van der Waals surface area contributed by atoms with Crippen molar-refractivity contribution < 1.29 is 4.85 Å². The van der Waals surface area contributed by atoms with E-state index >= 15 is 0 Å². The highest BCUT2D eigenvalue weighted by molar-refractivity contribution is 5.41. The van der Waals surface area contributed by atoms with Crippen molar-refractivity contribution in [3.63, 3.8) is 0 Å². The zero-order valence-electron chi connectivity index (χ0n) is 6.45. The average Bonchev–Trinajstić information content (AvgIpc) is 2.04. The smallest absolute Gasteiger partial charge is 0.289 e. The van der Waals surface area contributed by atoms with Gasteiger partial charge in [0.05, 0.1) is 5.10 Å². The molecule has 0 bridgehead atoms. The van der Waals surface area contributed by atoms with Crippen molar-refractivity contribution >= 4 is 11.8 Å². The number of aromatic nitrogens is 3. The van der Waals surface area contributed by atoms with Gasteiger partial charge in [-0.2, -0.15) is 4.98 Å². The minimum absolute atomic E-state index is 0.0122. The van der Waals surface area contributed by atoms with Crippen LogP contribution in [0.25, 0.3) is 0 Å². The molecule has 0 aromatic carbocycles. The molecule has 0 spiro atoms. The summed E-state index contributed by atoms with van der Waals surface area (Å²) in [6, 6.07) is 0. The number of nitrogens with two attached hydrogens (primary N) is 1. The lowest BCUT2D eigenvalue weighted by molar-refractivity contribution is -0.675. The summed E-state index contributed by atoms with van der Waals surface area (Å²) in [4.78, 5) is 4.45. The molecule has 6 heteroatoms. The highest BCUT2D eigenvalue weighted by atomic mass is 16.5. The summed E-state index contributed by atoms with van der Waals surface area (Å²) in [7, 11) is 0. The Hall–Kier alpha value is -1.59. The van der Waals surface area contributed by atoms with E-state index in [2.05, 4.69) is 15.4 Å². The molecular formula is C6H9N5O. The van der Waals surface area contributed by atoms with Gasteiger partial charge in [0, 0.05) is 13.0 Å². The predicted molar refractivity (Wildman–Crippen MR) is 42.2 cm³/mol. The summed E-state index contributed by atoms with van der Waals surface area (Å²) in [5, 5.41) is 17.6. The lowest BCUT2D eigenvalue weighted by atomic mass is 10.2. The first kappa shape index (κ1) is 7.08. The largest absolute Gasteiger partial charge is 0.594 e. The van der Waals surface area contributed by atoms with Gasteiger partial charge in [0.1, 0.15) is 0 Å². The van der Waals surface area contributed by atoms with Crippen molar-refractivity contribution in [2.45, 2.75) is 12.8 Å². The molecule has 12 heavy (non-hydrogen) atoms. The fourth-order valence-corrected chi connectivity index (χ4v) is 1.26. The van der Waals surface area contributed by atoms with Gasteiger partial charge in [-0.25, -0.2) is 0 Å². The molecule has 1 aliphatic heterocycles. The maximum Gasteiger partial charge on any atom is 0.289 e. The summed E-state index contributed by atoms with van der Waals surface area (Å²) in [6.07, 6.45) is 1.65. The normalized spacial score (nSPS) is 15.0. The van der Waals surface area contributed by atoms with Gasteiger partial charge >= 0.3 is 0 Å².